The third kappa shape index (κ3) is 3.36. The monoisotopic (exact) mass is 381 g/mol. The van der Waals surface area contributed by atoms with E-state index in [4.69, 9.17) is 4.74 Å². The molecule has 1 aliphatic rings. The molecule has 142 valence electrons. The normalized spacial score (nSPS) is 12.6. The number of nitro groups is 1. The molecule has 1 heterocycles. The first-order chi connectivity index (χ1) is 13.5. The van der Waals surface area contributed by atoms with E-state index in [1.165, 1.54) is 24.3 Å². The van der Waals surface area contributed by atoms with Gasteiger partial charge in [-0.3, -0.25) is 10.1 Å². The Morgan fingerprint density at radius 3 is 2.54 bits per heavy atom. The van der Waals surface area contributed by atoms with E-state index in [1.54, 1.807) is 28.9 Å². The van der Waals surface area contributed by atoms with Gasteiger partial charge in [0.05, 0.1) is 10.6 Å². The molecule has 0 radical (unpaired) electrons. The van der Waals surface area contributed by atoms with Crippen LogP contribution in [-0.2, 0) is 24.2 Å². The number of hydrogen-bond donors (Lipinski definition) is 0. The van der Waals surface area contributed by atoms with Gasteiger partial charge in [0.1, 0.15) is 12.4 Å². The number of nitrogens with zero attached hydrogens (tertiary/aromatic N) is 3. The number of aromatic nitrogens is 2. The van der Waals surface area contributed by atoms with Crippen LogP contribution < -0.4 is 0 Å². The fourth-order valence-electron chi connectivity index (χ4n) is 3.33. The highest BCUT2D eigenvalue weighted by atomic mass is 19.1. The number of carbonyl (C=O) groups is 1. The summed E-state index contributed by atoms with van der Waals surface area (Å²) in [6, 6.07) is 11.8. The summed E-state index contributed by atoms with van der Waals surface area (Å²) in [5.74, 6) is -0.882. The van der Waals surface area contributed by atoms with Gasteiger partial charge >= 0.3 is 5.97 Å². The maximum Gasteiger partial charge on any atom is 0.359 e. The van der Waals surface area contributed by atoms with Crippen LogP contribution in [0.3, 0.4) is 0 Å². The minimum Gasteiger partial charge on any atom is -0.456 e. The Morgan fingerprint density at radius 2 is 1.86 bits per heavy atom. The minimum absolute atomic E-state index is 0.00495. The Kier molecular flexibility index (Phi) is 4.60. The summed E-state index contributed by atoms with van der Waals surface area (Å²) < 4.78 is 20.2. The standard InChI is InChI=1S/C20H16FN3O4/c21-14-6-10-15(11-7-14)23-18-3-1-2-17(18)19(22-23)20(25)28-12-13-4-8-16(9-5-13)24(26)27/h4-11H,1-3,12H2. The molecule has 1 aromatic heterocycles. The number of hydrogen-bond acceptors (Lipinski definition) is 5. The summed E-state index contributed by atoms with van der Waals surface area (Å²) in [5.41, 5.74) is 3.37. The van der Waals surface area contributed by atoms with Crippen molar-refractivity contribution in [2.45, 2.75) is 25.9 Å². The van der Waals surface area contributed by atoms with Gasteiger partial charge in [-0.1, -0.05) is 0 Å². The molecule has 4 rings (SSSR count). The zero-order chi connectivity index (χ0) is 19.7. The minimum atomic E-state index is -0.544. The molecule has 0 saturated carbocycles. The summed E-state index contributed by atoms with van der Waals surface area (Å²) in [6.45, 7) is -0.00495. The van der Waals surface area contributed by atoms with Crippen LogP contribution in [0, 0.1) is 15.9 Å². The van der Waals surface area contributed by atoms with Crippen molar-refractivity contribution in [2.24, 2.45) is 0 Å². The van der Waals surface area contributed by atoms with Gasteiger partial charge in [0.2, 0.25) is 0 Å². The summed E-state index contributed by atoms with van der Waals surface area (Å²) in [6.07, 6.45) is 2.44. The fourth-order valence-corrected chi connectivity index (χ4v) is 3.33. The van der Waals surface area contributed by atoms with Gasteiger partial charge in [0.15, 0.2) is 5.69 Å². The molecule has 0 atom stereocenters. The second-order valence-corrected chi connectivity index (χ2v) is 6.52. The second-order valence-electron chi connectivity index (χ2n) is 6.52. The van der Waals surface area contributed by atoms with Gasteiger partial charge in [-0.25, -0.2) is 13.9 Å². The van der Waals surface area contributed by atoms with Crippen molar-refractivity contribution in [2.75, 3.05) is 0 Å². The van der Waals surface area contributed by atoms with E-state index in [-0.39, 0.29) is 23.8 Å². The smallest absolute Gasteiger partial charge is 0.359 e. The molecule has 0 bridgehead atoms. The highest BCUT2D eigenvalue weighted by molar-refractivity contribution is 5.89. The van der Waals surface area contributed by atoms with E-state index in [9.17, 15) is 19.3 Å². The lowest BCUT2D eigenvalue weighted by molar-refractivity contribution is -0.384. The van der Waals surface area contributed by atoms with Crippen LogP contribution in [0.2, 0.25) is 0 Å². The van der Waals surface area contributed by atoms with Crippen LogP contribution in [-0.4, -0.2) is 20.7 Å². The molecule has 0 spiro atoms. The first-order valence-electron chi connectivity index (χ1n) is 8.80. The number of carbonyl (C=O) groups excluding carboxylic acids is 1. The molecule has 0 N–H and O–H groups in total. The third-order valence-corrected chi connectivity index (χ3v) is 4.71. The van der Waals surface area contributed by atoms with Crippen molar-refractivity contribution in [1.82, 2.24) is 9.78 Å². The van der Waals surface area contributed by atoms with Crippen LogP contribution in [0.15, 0.2) is 48.5 Å². The molecular weight excluding hydrogens is 365 g/mol. The second kappa shape index (κ2) is 7.22. The van der Waals surface area contributed by atoms with E-state index in [0.29, 0.717) is 11.3 Å². The maximum absolute atomic E-state index is 13.2. The van der Waals surface area contributed by atoms with Crippen LogP contribution in [0.4, 0.5) is 10.1 Å². The summed E-state index contributed by atoms with van der Waals surface area (Å²) >= 11 is 0. The number of nitro benzene ring substituents is 1. The number of benzene rings is 2. The summed E-state index contributed by atoms with van der Waals surface area (Å²) in [5, 5.41) is 15.1. The average molecular weight is 381 g/mol. The van der Waals surface area contributed by atoms with Gasteiger partial charge in [-0.15, -0.1) is 0 Å². The Morgan fingerprint density at radius 1 is 1.14 bits per heavy atom. The lowest BCUT2D eigenvalue weighted by atomic mass is 10.2. The number of esters is 1. The van der Waals surface area contributed by atoms with E-state index in [2.05, 4.69) is 5.10 Å². The van der Waals surface area contributed by atoms with Crippen molar-refractivity contribution in [3.63, 3.8) is 0 Å². The van der Waals surface area contributed by atoms with Crippen molar-refractivity contribution < 1.29 is 18.8 Å². The molecule has 3 aromatic rings. The predicted octanol–water partition coefficient (Wildman–Crippen LogP) is 3.77. The van der Waals surface area contributed by atoms with Crippen molar-refractivity contribution in [1.29, 1.82) is 0 Å². The zero-order valence-electron chi connectivity index (χ0n) is 14.8. The average Bonchev–Trinajstić information content (AvgIpc) is 3.30. The van der Waals surface area contributed by atoms with Gasteiger partial charge in [-0.2, -0.15) is 5.10 Å². The predicted molar refractivity (Wildman–Crippen MR) is 97.8 cm³/mol. The molecule has 28 heavy (non-hydrogen) atoms. The zero-order valence-corrected chi connectivity index (χ0v) is 14.8. The van der Waals surface area contributed by atoms with Gasteiger partial charge in [0.25, 0.3) is 5.69 Å². The topological polar surface area (TPSA) is 87.3 Å². The van der Waals surface area contributed by atoms with E-state index < -0.39 is 10.9 Å². The van der Waals surface area contributed by atoms with E-state index >= 15 is 0 Å². The van der Waals surface area contributed by atoms with Gasteiger partial charge in [-0.05, 0) is 61.2 Å². The van der Waals surface area contributed by atoms with Crippen LogP contribution >= 0.6 is 0 Å². The molecule has 1 aliphatic carbocycles. The van der Waals surface area contributed by atoms with Crippen molar-refractivity contribution >= 4 is 11.7 Å². The number of halogens is 1. The lowest BCUT2D eigenvalue weighted by Gasteiger charge is -2.05. The van der Waals surface area contributed by atoms with E-state index in [1.807, 2.05) is 0 Å². The molecule has 0 fully saturated rings. The Labute approximate surface area is 159 Å². The third-order valence-electron chi connectivity index (χ3n) is 4.71. The summed E-state index contributed by atoms with van der Waals surface area (Å²) in [4.78, 5) is 22.8. The SMILES string of the molecule is O=C(OCc1ccc([N+](=O)[O-])cc1)c1nn(-c2ccc(F)cc2)c2c1CCC2. The molecule has 8 heteroatoms. The first kappa shape index (κ1) is 17.8. The first-order valence-corrected chi connectivity index (χ1v) is 8.80. The van der Waals surface area contributed by atoms with Gasteiger partial charge < -0.3 is 4.74 Å². The Balaban J connectivity index is 1.54. The Hall–Kier alpha value is -3.55. The molecular formula is C20H16FN3O4. The Bertz CT molecular complexity index is 1040. The highest BCUT2D eigenvalue weighted by Crippen LogP contribution is 2.28. The van der Waals surface area contributed by atoms with Crippen molar-refractivity contribution in [3.05, 3.63) is 87.0 Å². The lowest BCUT2D eigenvalue weighted by Crippen LogP contribution is -2.09. The van der Waals surface area contributed by atoms with Crippen LogP contribution in [0.25, 0.3) is 5.69 Å². The van der Waals surface area contributed by atoms with Crippen LogP contribution in [0.1, 0.15) is 33.7 Å². The molecule has 0 unspecified atom stereocenters. The number of ether oxygens (including phenoxy) is 1. The molecule has 0 saturated heterocycles. The molecule has 2 aromatic carbocycles. The number of rotatable bonds is 5. The quantitative estimate of drug-likeness (QED) is 0.381. The molecule has 0 amide bonds. The van der Waals surface area contributed by atoms with E-state index in [0.717, 1.165) is 30.5 Å². The maximum atomic E-state index is 13.2. The van der Waals surface area contributed by atoms with Crippen molar-refractivity contribution in [3.8, 4) is 5.69 Å². The molecule has 0 aliphatic heterocycles. The highest BCUT2D eigenvalue weighted by Gasteiger charge is 2.27. The number of non-ortho nitro benzene ring substituents is 1. The van der Waals surface area contributed by atoms with Crippen LogP contribution in [0.5, 0.6) is 0 Å². The largest absolute Gasteiger partial charge is 0.456 e. The summed E-state index contributed by atoms with van der Waals surface area (Å²) in [7, 11) is 0. The number of fused-ring (bicyclic) bond motifs is 1. The molecule has 7 nitrogen and oxygen atoms in total. The fraction of sp³-hybridized carbons (Fsp3) is 0.200. The van der Waals surface area contributed by atoms with Gasteiger partial charge in [0, 0.05) is 23.4 Å².